The van der Waals surface area contributed by atoms with Crippen LogP contribution in [-0.4, -0.2) is 23.3 Å². The average Bonchev–Trinajstić information content (AvgIpc) is 2.51. The van der Waals surface area contributed by atoms with Crippen LogP contribution in [0.25, 0.3) is 0 Å². The second-order valence-electron chi connectivity index (χ2n) is 4.74. The average molecular weight is 325 g/mol. The summed E-state index contributed by atoms with van der Waals surface area (Å²) in [7, 11) is 0. The molecule has 2 rings (SSSR count). The summed E-state index contributed by atoms with van der Waals surface area (Å²) in [6.45, 7) is 5.82. The van der Waals surface area contributed by atoms with Gasteiger partial charge in [0.1, 0.15) is 10.8 Å². The fourth-order valence-corrected chi connectivity index (χ4v) is 2.34. The van der Waals surface area contributed by atoms with Gasteiger partial charge in [0.25, 0.3) is 5.56 Å². The van der Waals surface area contributed by atoms with Crippen molar-refractivity contribution in [2.75, 3.05) is 23.3 Å². The van der Waals surface area contributed by atoms with Gasteiger partial charge in [-0.3, -0.25) is 4.79 Å². The molecule has 0 fully saturated rings. The van der Waals surface area contributed by atoms with E-state index in [0.29, 0.717) is 17.9 Å². The maximum atomic E-state index is 14.2. The molecule has 0 aliphatic heterocycles. The highest BCUT2D eigenvalue weighted by atomic mass is 35.5. The molecule has 0 atom stereocenters. The number of anilines is 2. The lowest BCUT2D eigenvalue weighted by Gasteiger charge is -2.22. The zero-order chi connectivity index (χ0) is 16.1. The zero-order valence-electron chi connectivity index (χ0n) is 12.5. The van der Waals surface area contributed by atoms with Gasteiger partial charge in [-0.1, -0.05) is 17.7 Å². The maximum Gasteiger partial charge on any atom is 0.285 e. The van der Waals surface area contributed by atoms with Crippen molar-refractivity contribution < 1.29 is 4.39 Å². The highest BCUT2D eigenvalue weighted by Gasteiger charge is 2.10. The summed E-state index contributed by atoms with van der Waals surface area (Å²) in [5.41, 5.74) is 1.29. The van der Waals surface area contributed by atoms with E-state index < -0.39 is 5.56 Å². The number of hydrogen-bond acceptors (Lipinski definition) is 4. The molecule has 2 aromatic rings. The molecule has 7 heteroatoms. The molecular formula is C15H18ClFN4O. The van der Waals surface area contributed by atoms with E-state index in [0.717, 1.165) is 18.7 Å². The van der Waals surface area contributed by atoms with E-state index in [1.165, 1.54) is 12.3 Å². The second kappa shape index (κ2) is 7.26. The van der Waals surface area contributed by atoms with Gasteiger partial charge in [-0.25, -0.2) is 9.49 Å². The molecule has 5 nitrogen and oxygen atoms in total. The highest BCUT2D eigenvalue weighted by Crippen LogP contribution is 2.21. The first-order valence-corrected chi connectivity index (χ1v) is 7.45. The lowest BCUT2D eigenvalue weighted by molar-refractivity contribution is 0.618. The van der Waals surface area contributed by atoms with Crippen molar-refractivity contribution in [3.8, 4) is 0 Å². The number of H-pyrrole nitrogens is 1. The van der Waals surface area contributed by atoms with Crippen LogP contribution >= 0.6 is 11.6 Å². The van der Waals surface area contributed by atoms with Crippen molar-refractivity contribution >= 4 is 23.0 Å². The molecule has 0 saturated heterocycles. The van der Waals surface area contributed by atoms with E-state index in [9.17, 15) is 9.18 Å². The topological polar surface area (TPSA) is 61.0 Å². The molecule has 1 heterocycles. The number of nitrogens with zero attached hydrogens (tertiary/aromatic N) is 2. The van der Waals surface area contributed by atoms with Crippen LogP contribution in [-0.2, 0) is 6.54 Å². The van der Waals surface area contributed by atoms with Gasteiger partial charge >= 0.3 is 0 Å². The van der Waals surface area contributed by atoms with Crippen molar-refractivity contribution in [1.82, 2.24) is 10.2 Å². The molecule has 0 bridgehead atoms. The third kappa shape index (κ3) is 3.57. The van der Waals surface area contributed by atoms with Crippen LogP contribution in [0.4, 0.5) is 15.8 Å². The third-order valence-corrected chi connectivity index (χ3v) is 3.77. The SMILES string of the molecule is CCN(CC)c1ccc(CNc2cn[nH]c(=O)c2Cl)cc1F. The monoisotopic (exact) mass is 324 g/mol. The van der Waals surface area contributed by atoms with Crippen molar-refractivity contribution in [3.63, 3.8) is 0 Å². The first-order valence-electron chi connectivity index (χ1n) is 7.07. The Morgan fingerprint density at radius 2 is 2.09 bits per heavy atom. The zero-order valence-corrected chi connectivity index (χ0v) is 13.2. The predicted octanol–water partition coefficient (Wildman–Crippen LogP) is 3.02. The van der Waals surface area contributed by atoms with Gasteiger partial charge in [0, 0.05) is 19.6 Å². The number of halogens is 2. The van der Waals surface area contributed by atoms with E-state index in [2.05, 4.69) is 15.5 Å². The Labute approximate surface area is 133 Å². The van der Waals surface area contributed by atoms with E-state index in [-0.39, 0.29) is 10.8 Å². The summed E-state index contributed by atoms with van der Waals surface area (Å²) in [6, 6.07) is 5.09. The summed E-state index contributed by atoms with van der Waals surface area (Å²) in [5, 5.41) is 8.92. The first kappa shape index (κ1) is 16.3. The fraction of sp³-hybridized carbons (Fsp3) is 0.333. The Kier molecular flexibility index (Phi) is 5.38. The van der Waals surface area contributed by atoms with Gasteiger partial charge < -0.3 is 10.2 Å². The molecule has 0 spiro atoms. The Morgan fingerprint density at radius 3 is 2.73 bits per heavy atom. The fourth-order valence-electron chi connectivity index (χ4n) is 2.19. The molecule has 0 unspecified atom stereocenters. The smallest absolute Gasteiger partial charge is 0.285 e. The van der Waals surface area contributed by atoms with Crippen molar-refractivity contribution in [3.05, 3.63) is 51.2 Å². The summed E-state index contributed by atoms with van der Waals surface area (Å²) in [4.78, 5) is 13.3. The van der Waals surface area contributed by atoms with Crippen LogP contribution in [0.3, 0.4) is 0 Å². The van der Waals surface area contributed by atoms with Crippen LogP contribution in [0.5, 0.6) is 0 Å². The molecule has 0 amide bonds. The number of rotatable bonds is 6. The molecule has 0 radical (unpaired) electrons. The molecular weight excluding hydrogens is 307 g/mol. The van der Waals surface area contributed by atoms with E-state index in [1.807, 2.05) is 24.8 Å². The normalized spacial score (nSPS) is 10.5. The van der Waals surface area contributed by atoms with Gasteiger partial charge in [0.15, 0.2) is 0 Å². The van der Waals surface area contributed by atoms with Crippen LogP contribution < -0.4 is 15.8 Å². The lowest BCUT2D eigenvalue weighted by Crippen LogP contribution is -2.23. The van der Waals surface area contributed by atoms with Crippen LogP contribution in [0.15, 0.2) is 29.2 Å². The Balaban J connectivity index is 2.13. The van der Waals surface area contributed by atoms with Crippen LogP contribution in [0.1, 0.15) is 19.4 Å². The number of aromatic amines is 1. The minimum absolute atomic E-state index is 0.0373. The quantitative estimate of drug-likeness (QED) is 0.857. The minimum Gasteiger partial charge on any atom is -0.378 e. The Morgan fingerprint density at radius 1 is 1.36 bits per heavy atom. The lowest BCUT2D eigenvalue weighted by atomic mass is 10.1. The van der Waals surface area contributed by atoms with E-state index in [1.54, 1.807) is 6.07 Å². The largest absolute Gasteiger partial charge is 0.378 e. The molecule has 1 aromatic carbocycles. The Hall–Kier alpha value is -2.08. The summed E-state index contributed by atoms with van der Waals surface area (Å²) in [5.74, 6) is -0.266. The number of benzene rings is 1. The Bertz CT molecular complexity index is 700. The molecule has 2 N–H and O–H groups in total. The predicted molar refractivity (Wildman–Crippen MR) is 87.2 cm³/mol. The minimum atomic E-state index is -0.463. The standard InChI is InChI=1S/C15H18ClFN4O/c1-3-21(4-2)13-6-5-10(7-11(13)17)8-18-12-9-19-20-15(22)14(12)16/h5-7,9H,3-4,8H2,1-2H3,(H2,18,20,22). The third-order valence-electron chi connectivity index (χ3n) is 3.39. The number of hydrogen-bond donors (Lipinski definition) is 2. The number of nitrogens with one attached hydrogen (secondary N) is 2. The van der Waals surface area contributed by atoms with Crippen LogP contribution in [0.2, 0.25) is 5.02 Å². The highest BCUT2D eigenvalue weighted by molar-refractivity contribution is 6.32. The summed E-state index contributed by atoms with van der Waals surface area (Å²) >= 11 is 5.87. The van der Waals surface area contributed by atoms with Crippen molar-refractivity contribution in [2.24, 2.45) is 0 Å². The van der Waals surface area contributed by atoms with Crippen molar-refractivity contribution in [1.29, 1.82) is 0 Å². The van der Waals surface area contributed by atoms with E-state index >= 15 is 0 Å². The van der Waals surface area contributed by atoms with Gasteiger partial charge in [-0.15, -0.1) is 0 Å². The summed E-state index contributed by atoms with van der Waals surface area (Å²) < 4.78 is 14.2. The van der Waals surface area contributed by atoms with Gasteiger partial charge in [0.05, 0.1) is 17.6 Å². The molecule has 1 aromatic heterocycles. The van der Waals surface area contributed by atoms with Crippen molar-refractivity contribution in [2.45, 2.75) is 20.4 Å². The van der Waals surface area contributed by atoms with Crippen LogP contribution in [0, 0.1) is 5.82 Å². The van der Waals surface area contributed by atoms with Gasteiger partial charge in [-0.05, 0) is 31.5 Å². The molecule has 22 heavy (non-hydrogen) atoms. The molecule has 0 aliphatic carbocycles. The molecule has 0 aliphatic rings. The van der Waals surface area contributed by atoms with Gasteiger partial charge in [0.2, 0.25) is 0 Å². The molecule has 118 valence electrons. The van der Waals surface area contributed by atoms with Gasteiger partial charge in [-0.2, -0.15) is 5.10 Å². The van der Waals surface area contributed by atoms with E-state index in [4.69, 9.17) is 11.6 Å². The maximum absolute atomic E-state index is 14.2. The number of aromatic nitrogens is 2. The first-order chi connectivity index (χ1) is 10.6. The second-order valence-corrected chi connectivity index (χ2v) is 5.12. The molecule has 0 saturated carbocycles. The summed E-state index contributed by atoms with van der Waals surface area (Å²) in [6.07, 6.45) is 1.42.